The van der Waals surface area contributed by atoms with Crippen molar-refractivity contribution in [3.8, 4) is 0 Å². The molecule has 0 aromatic rings. The standard InChI is InChI=1S/C15H30O5S.Na/c1-3-5-6-7-8-9-10-11-12-13-14(16)20-15(4-2)21(17,18)19;/h15H,3-13H2,1-2H3,(H,17,18,19);/q;+1. The van der Waals surface area contributed by atoms with Gasteiger partial charge < -0.3 is 4.74 Å². The Morgan fingerprint density at radius 3 is 1.82 bits per heavy atom. The van der Waals surface area contributed by atoms with E-state index in [9.17, 15) is 13.2 Å². The molecule has 0 saturated carbocycles. The van der Waals surface area contributed by atoms with Crippen molar-refractivity contribution in [2.75, 3.05) is 0 Å². The number of hydrogen-bond acceptors (Lipinski definition) is 4. The Kier molecular flexibility index (Phi) is 16.7. The summed E-state index contributed by atoms with van der Waals surface area (Å²) in [7, 11) is -4.30. The van der Waals surface area contributed by atoms with Gasteiger partial charge in [-0.2, -0.15) is 8.42 Å². The maximum absolute atomic E-state index is 11.5. The molecular weight excluding hydrogens is 315 g/mol. The molecule has 0 amide bonds. The minimum absolute atomic E-state index is 0. The second-order valence-corrected chi connectivity index (χ2v) is 6.98. The Morgan fingerprint density at radius 2 is 1.41 bits per heavy atom. The van der Waals surface area contributed by atoms with E-state index in [0.29, 0.717) is 6.42 Å². The largest absolute Gasteiger partial charge is 1.00 e. The third-order valence-corrected chi connectivity index (χ3v) is 4.51. The summed E-state index contributed by atoms with van der Waals surface area (Å²) in [6.45, 7) is 3.74. The Bertz CT molecular complexity index is 370. The summed E-state index contributed by atoms with van der Waals surface area (Å²) in [6.07, 6.45) is 10.6. The van der Waals surface area contributed by atoms with Gasteiger partial charge in [0.25, 0.3) is 0 Å². The zero-order chi connectivity index (χ0) is 16.1. The Morgan fingerprint density at radius 1 is 0.955 bits per heavy atom. The van der Waals surface area contributed by atoms with Crippen molar-refractivity contribution in [1.29, 1.82) is 0 Å². The van der Waals surface area contributed by atoms with Gasteiger partial charge in [-0.1, -0.05) is 65.2 Å². The summed E-state index contributed by atoms with van der Waals surface area (Å²) in [6, 6.07) is 0. The molecule has 0 aliphatic rings. The van der Waals surface area contributed by atoms with Gasteiger partial charge in [-0.25, -0.2) is 0 Å². The molecule has 0 aliphatic heterocycles. The van der Waals surface area contributed by atoms with E-state index in [4.69, 9.17) is 9.29 Å². The molecule has 7 heteroatoms. The molecule has 0 aromatic carbocycles. The normalized spacial score (nSPS) is 12.5. The van der Waals surface area contributed by atoms with E-state index >= 15 is 0 Å². The van der Waals surface area contributed by atoms with Crippen LogP contribution in [0.15, 0.2) is 0 Å². The first-order chi connectivity index (χ1) is 9.91. The topological polar surface area (TPSA) is 80.7 Å². The van der Waals surface area contributed by atoms with Crippen LogP contribution < -0.4 is 29.6 Å². The molecule has 0 aromatic heterocycles. The van der Waals surface area contributed by atoms with Crippen molar-refractivity contribution >= 4 is 16.1 Å². The number of carbonyl (C=O) groups is 1. The molecular formula is C15H30NaO5S+. The predicted molar refractivity (Wildman–Crippen MR) is 83.6 cm³/mol. The van der Waals surface area contributed by atoms with Crippen molar-refractivity contribution in [2.45, 2.75) is 89.9 Å². The van der Waals surface area contributed by atoms with Crippen LogP contribution in [0, 0.1) is 0 Å². The molecule has 0 rings (SSSR count). The molecule has 0 saturated heterocycles. The van der Waals surface area contributed by atoms with E-state index in [1.807, 2.05) is 0 Å². The molecule has 126 valence electrons. The summed E-state index contributed by atoms with van der Waals surface area (Å²) in [5.41, 5.74) is -1.43. The van der Waals surface area contributed by atoms with Gasteiger partial charge in [0.2, 0.25) is 5.44 Å². The van der Waals surface area contributed by atoms with Gasteiger partial charge in [0.15, 0.2) is 0 Å². The van der Waals surface area contributed by atoms with E-state index in [0.717, 1.165) is 12.8 Å². The second kappa shape index (κ2) is 14.9. The summed E-state index contributed by atoms with van der Waals surface area (Å²) >= 11 is 0. The predicted octanol–water partition coefficient (Wildman–Crippen LogP) is 1.08. The smallest absolute Gasteiger partial charge is 0.443 e. The van der Waals surface area contributed by atoms with Crippen molar-refractivity contribution in [1.82, 2.24) is 0 Å². The first-order valence-electron chi connectivity index (χ1n) is 8.07. The van der Waals surface area contributed by atoms with Gasteiger partial charge in [-0.15, -0.1) is 0 Å². The molecule has 1 atom stereocenters. The number of ether oxygens (including phenoxy) is 1. The molecule has 0 spiro atoms. The van der Waals surface area contributed by atoms with Crippen LogP contribution in [0.3, 0.4) is 0 Å². The zero-order valence-electron chi connectivity index (χ0n) is 14.3. The summed E-state index contributed by atoms with van der Waals surface area (Å²) in [5, 5.41) is 0. The fraction of sp³-hybridized carbons (Fsp3) is 0.933. The van der Waals surface area contributed by atoms with Gasteiger partial charge in [-0.3, -0.25) is 9.35 Å². The number of hydrogen-bond donors (Lipinski definition) is 1. The maximum atomic E-state index is 11.5. The number of esters is 1. The first kappa shape index (κ1) is 24.6. The fourth-order valence-corrected chi connectivity index (χ4v) is 2.79. The first-order valence-corrected chi connectivity index (χ1v) is 9.57. The third kappa shape index (κ3) is 14.0. The number of carbonyl (C=O) groups excluding carboxylic acids is 1. The summed E-state index contributed by atoms with van der Waals surface area (Å²) < 4.78 is 35.4. The van der Waals surface area contributed by atoms with Crippen LogP contribution in [0.2, 0.25) is 0 Å². The quantitative estimate of drug-likeness (QED) is 0.234. The van der Waals surface area contributed by atoms with Crippen LogP contribution in [-0.4, -0.2) is 24.4 Å². The van der Waals surface area contributed by atoms with E-state index in [2.05, 4.69) is 6.92 Å². The van der Waals surface area contributed by atoms with Crippen LogP contribution in [0.5, 0.6) is 0 Å². The molecule has 0 radical (unpaired) electrons. The van der Waals surface area contributed by atoms with Gasteiger partial charge in [-0.05, 0) is 12.8 Å². The molecule has 0 bridgehead atoms. The SMILES string of the molecule is CCCCCCCCCCCC(=O)OC(CC)S(=O)(=O)O.[Na+]. The average Bonchev–Trinajstić information content (AvgIpc) is 2.41. The fourth-order valence-electron chi connectivity index (χ4n) is 2.14. The van der Waals surface area contributed by atoms with Crippen LogP contribution in [0.1, 0.15) is 84.5 Å². The Labute approximate surface area is 157 Å². The maximum Gasteiger partial charge on any atom is 1.00 e. The molecule has 0 aliphatic carbocycles. The Hall–Kier alpha value is 0.380. The van der Waals surface area contributed by atoms with Gasteiger partial charge in [0, 0.05) is 6.42 Å². The third-order valence-electron chi connectivity index (χ3n) is 3.41. The van der Waals surface area contributed by atoms with Crippen LogP contribution in [0.4, 0.5) is 0 Å². The average molecular weight is 345 g/mol. The number of unbranched alkanes of at least 4 members (excludes halogenated alkanes) is 8. The van der Waals surface area contributed by atoms with Crippen LogP contribution in [0.25, 0.3) is 0 Å². The molecule has 1 unspecified atom stereocenters. The van der Waals surface area contributed by atoms with Crippen molar-refractivity contribution in [2.24, 2.45) is 0 Å². The van der Waals surface area contributed by atoms with Crippen LogP contribution in [-0.2, 0) is 19.6 Å². The monoisotopic (exact) mass is 345 g/mol. The van der Waals surface area contributed by atoms with Crippen molar-refractivity contribution in [3.63, 3.8) is 0 Å². The summed E-state index contributed by atoms with van der Waals surface area (Å²) in [4.78, 5) is 11.5. The van der Waals surface area contributed by atoms with E-state index in [1.54, 1.807) is 6.92 Å². The number of rotatable bonds is 13. The summed E-state index contributed by atoms with van der Waals surface area (Å²) in [5.74, 6) is -0.553. The van der Waals surface area contributed by atoms with Gasteiger partial charge in [0.05, 0.1) is 0 Å². The van der Waals surface area contributed by atoms with E-state index < -0.39 is 21.5 Å². The molecule has 1 N–H and O–H groups in total. The van der Waals surface area contributed by atoms with Crippen molar-refractivity contribution < 1.29 is 52.1 Å². The van der Waals surface area contributed by atoms with Crippen molar-refractivity contribution in [3.05, 3.63) is 0 Å². The van der Waals surface area contributed by atoms with E-state index in [-0.39, 0.29) is 42.4 Å². The zero-order valence-corrected chi connectivity index (χ0v) is 17.2. The van der Waals surface area contributed by atoms with Crippen LogP contribution >= 0.6 is 0 Å². The Balaban J connectivity index is 0. The van der Waals surface area contributed by atoms with E-state index in [1.165, 1.54) is 38.5 Å². The molecule has 0 fully saturated rings. The molecule has 5 nitrogen and oxygen atoms in total. The van der Waals surface area contributed by atoms with Gasteiger partial charge in [0.1, 0.15) is 0 Å². The minimum Gasteiger partial charge on any atom is -0.443 e. The van der Waals surface area contributed by atoms with Gasteiger partial charge >= 0.3 is 45.6 Å². The second-order valence-electron chi connectivity index (χ2n) is 5.42. The molecule has 22 heavy (non-hydrogen) atoms. The minimum atomic E-state index is -4.30. The molecule has 0 heterocycles.